The molecule has 0 unspecified atom stereocenters. The lowest BCUT2D eigenvalue weighted by molar-refractivity contribution is 0.0526. The molecule has 0 saturated heterocycles. The second-order valence-electron chi connectivity index (χ2n) is 5.88. The Balaban J connectivity index is 1.74. The number of aromatic nitrogens is 1. The minimum atomic E-state index is -0.361. The standard InChI is InChI=1S/C22H19N3O3S/c1-3-28-22(26)15-7-9-18(10-8-15)24-13-17(12-23)21-25-20(14-29-21)16-5-4-6-19(11-16)27-2/h4-11,13-14,24H,3H2,1-2H3/b17-13-. The molecule has 0 aliphatic rings. The molecule has 7 heteroatoms. The number of nitriles is 1. The monoisotopic (exact) mass is 405 g/mol. The number of anilines is 1. The van der Waals surface area contributed by atoms with Crippen LogP contribution in [-0.4, -0.2) is 24.7 Å². The van der Waals surface area contributed by atoms with Crippen molar-refractivity contribution in [1.29, 1.82) is 5.26 Å². The number of hydrogen-bond acceptors (Lipinski definition) is 7. The summed E-state index contributed by atoms with van der Waals surface area (Å²) in [6.45, 7) is 2.10. The predicted molar refractivity (Wildman–Crippen MR) is 114 cm³/mol. The van der Waals surface area contributed by atoms with Crippen molar-refractivity contribution in [3.63, 3.8) is 0 Å². The number of thiazole rings is 1. The molecule has 0 spiro atoms. The fourth-order valence-corrected chi connectivity index (χ4v) is 3.32. The van der Waals surface area contributed by atoms with Crippen LogP contribution in [0.5, 0.6) is 5.75 Å². The molecule has 0 radical (unpaired) electrons. The van der Waals surface area contributed by atoms with Crippen molar-refractivity contribution < 1.29 is 14.3 Å². The molecule has 1 aromatic heterocycles. The minimum Gasteiger partial charge on any atom is -0.497 e. The van der Waals surface area contributed by atoms with E-state index in [2.05, 4.69) is 16.4 Å². The molecule has 0 aliphatic carbocycles. The average molecular weight is 405 g/mol. The van der Waals surface area contributed by atoms with E-state index < -0.39 is 0 Å². The van der Waals surface area contributed by atoms with E-state index in [0.29, 0.717) is 22.8 Å². The topological polar surface area (TPSA) is 84.2 Å². The van der Waals surface area contributed by atoms with Gasteiger partial charge in [-0.1, -0.05) is 12.1 Å². The normalized spacial score (nSPS) is 10.9. The Kier molecular flexibility index (Phi) is 6.61. The summed E-state index contributed by atoms with van der Waals surface area (Å²) < 4.78 is 10.2. The maximum atomic E-state index is 11.7. The third-order valence-corrected chi connectivity index (χ3v) is 4.88. The lowest BCUT2D eigenvalue weighted by Gasteiger charge is -2.04. The van der Waals surface area contributed by atoms with Crippen molar-refractivity contribution in [3.05, 3.63) is 70.7 Å². The SMILES string of the molecule is CCOC(=O)c1ccc(N/C=C(/C#N)c2nc(-c3cccc(OC)c3)cs2)cc1. The van der Waals surface area contributed by atoms with Crippen molar-refractivity contribution in [2.75, 3.05) is 19.0 Å². The number of benzene rings is 2. The van der Waals surface area contributed by atoms with Gasteiger partial charge in [-0.25, -0.2) is 9.78 Å². The van der Waals surface area contributed by atoms with E-state index in [-0.39, 0.29) is 5.97 Å². The number of nitrogens with zero attached hydrogens (tertiary/aromatic N) is 2. The zero-order valence-electron chi connectivity index (χ0n) is 16.0. The number of methoxy groups -OCH3 is 1. The third kappa shape index (κ3) is 5.00. The molecule has 29 heavy (non-hydrogen) atoms. The number of ether oxygens (including phenoxy) is 2. The number of carbonyl (C=O) groups excluding carboxylic acids is 1. The maximum Gasteiger partial charge on any atom is 0.338 e. The van der Waals surface area contributed by atoms with Crippen LogP contribution >= 0.6 is 11.3 Å². The summed E-state index contributed by atoms with van der Waals surface area (Å²) in [5.74, 6) is 0.390. The van der Waals surface area contributed by atoms with Crippen molar-refractivity contribution in [3.8, 4) is 23.1 Å². The molecule has 0 fully saturated rings. The zero-order valence-corrected chi connectivity index (χ0v) is 16.8. The minimum absolute atomic E-state index is 0.332. The van der Waals surface area contributed by atoms with Crippen LogP contribution in [0.3, 0.4) is 0 Å². The van der Waals surface area contributed by atoms with Crippen LogP contribution in [0, 0.1) is 11.3 Å². The predicted octanol–water partition coefficient (Wildman–Crippen LogP) is 4.97. The van der Waals surface area contributed by atoms with Crippen molar-refractivity contribution in [2.24, 2.45) is 0 Å². The molecular weight excluding hydrogens is 386 g/mol. The molecule has 6 nitrogen and oxygen atoms in total. The molecule has 2 aromatic carbocycles. The first-order chi connectivity index (χ1) is 14.1. The second kappa shape index (κ2) is 9.53. The highest BCUT2D eigenvalue weighted by Gasteiger charge is 2.10. The highest BCUT2D eigenvalue weighted by atomic mass is 32.1. The Morgan fingerprint density at radius 2 is 2.07 bits per heavy atom. The molecule has 0 amide bonds. The summed E-state index contributed by atoms with van der Waals surface area (Å²) in [5, 5.41) is 15.1. The molecule has 0 saturated carbocycles. The van der Waals surface area contributed by atoms with E-state index in [1.807, 2.05) is 29.6 Å². The van der Waals surface area contributed by atoms with Crippen molar-refractivity contribution >= 4 is 28.6 Å². The Morgan fingerprint density at radius 3 is 2.76 bits per heavy atom. The summed E-state index contributed by atoms with van der Waals surface area (Å²) in [4.78, 5) is 16.3. The Bertz CT molecular complexity index is 1070. The van der Waals surface area contributed by atoms with Gasteiger partial charge in [-0.2, -0.15) is 5.26 Å². The van der Waals surface area contributed by atoms with E-state index in [4.69, 9.17) is 9.47 Å². The number of rotatable bonds is 7. The highest BCUT2D eigenvalue weighted by Crippen LogP contribution is 2.28. The van der Waals surface area contributed by atoms with E-state index in [9.17, 15) is 10.1 Å². The van der Waals surface area contributed by atoms with Crippen LogP contribution in [-0.2, 0) is 4.74 Å². The van der Waals surface area contributed by atoms with Gasteiger partial charge in [0, 0.05) is 22.8 Å². The molecule has 0 bridgehead atoms. The molecule has 1 N–H and O–H groups in total. The van der Waals surface area contributed by atoms with Gasteiger partial charge in [-0.3, -0.25) is 0 Å². The van der Waals surface area contributed by atoms with Gasteiger partial charge in [0.2, 0.25) is 0 Å². The van der Waals surface area contributed by atoms with Gasteiger partial charge in [0.15, 0.2) is 0 Å². The number of esters is 1. The molecule has 0 aliphatic heterocycles. The van der Waals surface area contributed by atoms with E-state index >= 15 is 0 Å². The summed E-state index contributed by atoms with van der Waals surface area (Å²) in [6.07, 6.45) is 1.60. The van der Waals surface area contributed by atoms with Gasteiger partial charge in [-0.05, 0) is 43.3 Å². The zero-order chi connectivity index (χ0) is 20.6. The molecule has 0 atom stereocenters. The third-order valence-electron chi connectivity index (χ3n) is 4.00. The number of nitrogens with one attached hydrogen (secondary N) is 1. The first-order valence-electron chi connectivity index (χ1n) is 8.89. The van der Waals surface area contributed by atoms with Crippen LogP contribution in [0.2, 0.25) is 0 Å². The Labute approximate surface area is 173 Å². The molecule has 146 valence electrons. The first kappa shape index (κ1) is 20.1. The fourth-order valence-electron chi connectivity index (χ4n) is 2.53. The molecular formula is C22H19N3O3S. The first-order valence-corrected chi connectivity index (χ1v) is 9.77. The van der Waals surface area contributed by atoms with Crippen LogP contribution in [0.1, 0.15) is 22.3 Å². The van der Waals surface area contributed by atoms with Crippen LogP contribution in [0.25, 0.3) is 16.8 Å². The summed E-state index contributed by atoms with van der Waals surface area (Å²) in [5.41, 5.74) is 3.34. The van der Waals surface area contributed by atoms with Crippen molar-refractivity contribution in [2.45, 2.75) is 6.92 Å². The quantitative estimate of drug-likeness (QED) is 0.441. The second-order valence-corrected chi connectivity index (χ2v) is 6.74. The van der Waals surface area contributed by atoms with Crippen LogP contribution in [0.15, 0.2) is 60.1 Å². The Morgan fingerprint density at radius 1 is 1.28 bits per heavy atom. The summed E-state index contributed by atoms with van der Waals surface area (Å²) >= 11 is 1.39. The highest BCUT2D eigenvalue weighted by molar-refractivity contribution is 7.11. The molecule has 3 aromatic rings. The van der Waals surface area contributed by atoms with Gasteiger partial charge in [0.05, 0.1) is 25.0 Å². The van der Waals surface area contributed by atoms with E-state index in [0.717, 1.165) is 22.7 Å². The fraction of sp³-hybridized carbons (Fsp3) is 0.136. The number of carbonyl (C=O) groups is 1. The van der Waals surface area contributed by atoms with Crippen molar-refractivity contribution in [1.82, 2.24) is 4.98 Å². The van der Waals surface area contributed by atoms with Gasteiger partial charge in [-0.15, -0.1) is 11.3 Å². The maximum absolute atomic E-state index is 11.7. The molecule has 1 heterocycles. The number of hydrogen-bond donors (Lipinski definition) is 1. The lowest BCUT2D eigenvalue weighted by atomic mass is 10.1. The van der Waals surface area contributed by atoms with E-state index in [1.54, 1.807) is 44.5 Å². The average Bonchev–Trinajstić information content (AvgIpc) is 3.25. The largest absolute Gasteiger partial charge is 0.497 e. The number of allylic oxidation sites excluding steroid dienone is 1. The van der Waals surface area contributed by atoms with Gasteiger partial charge >= 0.3 is 5.97 Å². The Hall–Kier alpha value is -3.63. The van der Waals surface area contributed by atoms with Gasteiger partial charge in [0.1, 0.15) is 22.4 Å². The summed E-state index contributed by atoms with van der Waals surface area (Å²) in [6, 6.07) is 16.6. The van der Waals surface area contributed by atoms with Gasteiger partial charge in [0.25, 0.3) is 0 Å². The van der Waals surface area contributed by atoms with E-state index in [1.165, 1.54) is 11.3 Å². The summed E-state index contributed by atoms with van der Waals surface area (Å²) in [7, 11) is 1.62. The molecule has 3 rings (SSSR count). The smallest absolute Gasteiger partial charge is 0.338 e. The van der Waals surface area contributed by atoms with Gasteiger partial charge < -0.3 is 14.8 Å². The lowest BCUT2D eigenvalue weighted by Crippen LogP contribution is -2.04. The van der Waals surface area contributed by atoms with Crippen LogP contribution in [0.4, 0.5) is 5.69 Å². The van der Waals surface area contributed by atoms with Crippen LogP contribution < -0.4 is 10.1 Å².